The molecule has 2 amide bonds. The highest BCUT2D eigenvalue weighted by Gasteiger charge is 2.26. The van der Waals surface area contributed by atoms with Gasteiger partial charge < -0.3 is 25.2 Å². The highest BCUT2D eigenvalue weighted by Crippen LogP contribution is 2.28. The lowest BCUT2D eigenvalue weighted by molar-refractivity contribution is 0.0887. The van der Waals surface area contributed by atoms with Gasteiger partial charge in [0.2, 0.25) is 5.88 Å². The monoisotopic (exact) mass is 573 g/mol. The zero-order valence-corrected chi connectivity index (χ0v) is 22.9. The van der Waals surface area contributed by atoms with Crippen molar-refractivity contribution in [1.29, 1.82) is 0 Å². The van der Waals surface area contributed by atoms with Gasteiger partial charge in [0.15, 0.2) is 0 Å². The molecule has 2 aromatic carbocycles. The molecule has 0 saturated heterocycles. The van der Waals surface area contributed by atoms with Crippen LogP contribution in [0.4, 0.5) is 4.39 Å². The van der Waals surface area contributed by atoms with Crippen LogP contribution in [0.1, 0.15) is 46.4 Å². The highest BCUT2D eigenvalue weighted by atomic mass is 35.5. The van der Waals surface area contributed by atoms with Crippen LogP contribution in [0.3, 0.4) is 0 Å². The average molecular weight is 574 g/mol. The fourth-order valence-corrected chi connectivity index (χ4v) is 4.92. The zero-order chi connectivity index (χ0) is 27.8. The summed E-state index contributed by atoms with van der Waals surface area (Å²) in [6.45, 7) is -0.142. The lowest BCUT2D eigenvalue weighted by Gasteiger charge is -2.30. The Bertz CT molecular complexity index is 1320. The van der Waals surface area contributed by atoms with Gasteiger partial charge in [0.25, 0.3) is 11.8 Å². The van der Waals surface area contributed by atoms with E-state index in [4.69, 9.17) is 26.2 Å². The van der Waals surface area contributed by atoms with Crippen LogP contribution in [0.25, 0.3) is 0 Å². The van der Waals surface area contributed by atoms with Crippen molar-refractivity contribution in [3.63, 3.8) is 0 Å². The lowest BCUT2D eigenvalue weighted by atomic mass is 9.90. The molecule has 0 aliphatic heterocycles. The number of benzene rings is 2. The Morgan fingerprint density at radius 3 is 2.41 bits per heavy atom. The van der Waals surface area contributed by atoms with E-state index < -0.39 is 11.7 Å². The summed E-state index contributed by atoms with van der Waals surface area (Å²) in [4.78, 5) is 31.0. The van der Waals surface area contributed by atoms with Crippen molar-refractivity contribution in [2.45, 2.75) is 42.7 Å². The molecule has 0 unspecified atom stereocenters. The number of hydrogen-bond donors (Lipinski definition) is 3. The van der Waals surface area contributed by atoms with Gasteiger partial charge in [0, 0.05) is 22.0 Å². The summed E-state index contributed by atoms with van der Waals surface area (Å²) in [7, 11) is 0. The minimum Gasteiger partial charge on any atom is -0.490 e. The lowest BCUT2D eigenvalue weighted by Crippen LogP contribution is -2.44. The fraction of sp³-hybridized carbons (Fsp3) is 0.321. The molecule has 3 N–H and O–H groups in total. The van der Waals surface area contributed by atoms with Crippen molar-refractivity contribution in [3.05, 3.63) is 76.7 Å². The second-order valence-electron chi connectivity index (χ2n) is 9.00. The van der Waals surface area contributed by atoms with Gasteiger partial charge in [-0.2, -0.15) is 0 Å². The van der Waals surface area contributed by atoms with Crippen molar-refractivity contribution in [2.24, 2.45) is 0 Å². The minimum absolute atomic E-state index is 0.0122. The van der Waals surface area contributed by atoms with Crippen molar-refractivity contribution >= 4 is 35.2 Å². The number of amides is 2. The summed E-state index contributed by atoms with van der Waals surface area (Å²) in [5, 5.41) is 15.4. The maximum atomic E-state index is 14.0. The Morgan fingerprint density at radius 2 is 1.74 bits per heavy atom. The SMILES string of the molecule is CSc1cccc(Oc2ncc(F)cc2C(=O)NC2CCC(NC(=O)c3ccc(Cl)cc3OCCO)CC2)c1. The van der Waals surface area contributed by atoms with Crippen LogP contribution < -0.4 is 20.1 Å². The van der Waals surface area contributed by atoms with Gasteiger partial charge in [-0.25, -0.2) is 9.37 Å². The molecule has 1 heterocycles. The molecule has 0 bridgehead atoms. The first-order chi connectivity index (χ1) is 18.9. The highest BCUT2D eigenvalue weighted by molar-refractivity contribution is 7.98. The van der Waals surface area contributed by atoms with Crippen molar-refractivity contribution < 1.29 is 28.6 Å². The standard InChI is InChI=1S/C28H29ClFN3O5S/c1-39-22-4-2-3-21(15-22)38-28-24(14-18(30)16-31-28)27(36)33-20-8-6-19(7-9-20)32-26(35)23-10-5-17(29)13-25(23)37-12-11-34/h2-5,10,13-16,19-20,34H,6-9,11-12H2,1H3,(H,32,35)(H,33,36). The Hall–Kier alpha value is -3.34. The van der Waals surface area contributed by atoms with Crippen LogP contribution in [-0.4, -0.2) is 53.5 Å². The van der Waals surface area contributed by atoms with E-state index in [1.807, 2.05) is 24.5 Å². The summed E-state index contributed by atoms with van der Waals surface area (Å²) in [6.07, 6.45) is 5.49. The number of ether oxygens (including phenoxy) is 2. The van der Waals surface area contributed by atoms with Gasteiger partial charge in [0.05, 0.1) is 18.4 Å². The molecule has 3 aromatic rings. The summed E-state index contributed by atoms with van der Waals surface area (Å²) < 4.78 is 25.3. The topological polar surface area (TPSA) is 110 Å². The van der Waals surface area contributed by atoms with Crippen LogP contribution in [0.15, 0.2) is 59.6 Å². The molecule has 0 atom stereocenters. The maximum absolute atomic E-state index is 14.0. The van der Waals surface area contributed by atoms with Crippen molar-refractivity contribution in [2.75, 3.05) is 19.5 Å². The Balaban J connectivity index is 1.35. The number of nitrogens with one attached hydrogen (secondary N) is 2. The fourth-order valence-electron chi connectivity index (χ4n) is 4.31. The van der Waals surface area contributed by atoms with Gasteiger partial charge in [-0.1, -0.05) is 17.7 Å². The number of aliphatic hydroxyl groups is 1. The number of pyridine rings is 1. The van der Waals surface area contributed by atoms with Gasteiger partial charge in [-0.05, 0) is 74.4 Å². The minimum atomic E-state index is -0.638. The van der Waals surface area contributed by atoms with E-state index in [-0.39, 0.29) is 42.6 Å². The number of hydrogen-bond acceptors (Lipinski definition) is 7. The van der Waals surface area contributed by atoms with E-state index in [1.54, 1.807) is 30.0 Å². The van der Waals surface area contributed by atoms with Gasteiger partial charge in [0.1, 0.15) is 29.5 Å². The van der Waals surface area contributed by atoms with E-state index in [0.717, 1.165) is 17.2 Å². The molecule has 4 rings (SSSR count). The first-order valence-corrected chi connectivity index (χ1v) is 14.1. The summed E-state index contributed by atoms with van der Waals surface area (Å²) >= 11 is 7.57. The number of carbonyl (C=O) groups excluding carboxylic acids is 2. The molecule has 1 aromatic heterocycles. The molecule has 206 valence electrons. The molecule has 1 saturated carbocycles. The molecular weight excluding hydrogens is 545 g/mol. The van der Waals surface area contributed by atoms with E-state index in [0.29, 0.717) is 47.8 Å². The molecule has 1 aliphatic carbocycles. The molecule has 8 nitrogen and oxygen atoms in total. The van der Waals surface area contributed by atoms with Crippen LogP contribution in [0.2, 0.25) is 5.02 Å². The second kappa shape index (κ2) is 13.6. The first kappa shape index (κ1) is 28.7. The van der Waals surface area contributed by atoms with Crippen LogP contribution in [0, 0.1) is 5.82 Å². The van der Waals surface area contributed by atoms with Gasteiger partial charge >= 0.3 is 0 Å². The molecular formula is C28H29ClFN3O5S. The van der Waals surface area contributed by atoms with Crippen LogP contribution in [0.5, 0.6) is 17.4 Å². The zero-order valence-electron chi connectivity index (χ0n) is 21.3. The third-order valence-corrected chi connectivity index (χ3v) is 7.21. The molecule has 1 fully saturated rings. The number of rotatable bonds is 10. The third kappa shape index (κ3) is 7.84. The average Bonchev–Trinajstić information content (AvgIpc) is 2.94. The van der Waals surface area contributed by atoms with E-state index in [2.05, 4.69) is 15.6 Å². The van der Waals surface area contributed by atoms with Crippen molar-refractivity contribution in [3.8, 4) is 17.4 Å². The Kier molecular flexibility index (Phi) is 10.0. The molecule has 11 heteroatoms. The van der Waals surface area contributed by atoms with Crippen molar-refractivity contribution in [1.82, 2.24) is 15.6 Å². The van der Waals surface area contributed by atoms with E-state index in [1.165, 1.54) is 6.07 Å². The number of carbonyl (C=O) groups is 2. The normalized spacial score (nSPS) is 16.8. The second-order valence-corrected chi connectivity index (χ2v) is 10.3. The first-order valence-electron chi connectivity index (χ1n) is 12.5. The Labute approximate surface area is 235 Å². The smallest absolute Gasteiger partial charge is 0.257 e. The molecule has 39 heavy (non-hydrogen) atoms. The molecule has 0 radical (unpaired) electrons. The van der Waals surface area contributed by atoms with E-state index >= 15 is 0 Å². The largest absolute Gasteiger partial charge is 0.490 e. The van der Waals surface area contributed by atoms with Crippen LogP contribution in [-0.2, 0) is 0 Å². The predicted octanol–water partition coefficient (Wildman–Crippen LogP) is 5.23. The summed E-state index contributed by atoms with van der Waals surface area (Å²) in [6, 6.07) is 12.9. The van der Waals surface area contributed by atoms with Gasteiger partial charge in [-0.3, -0.25) is 9.59 Å². The maximum Gasteiger partial charge on any atom is 0.257 e. The third-order valence-electron chi connectivity index (χ3n) is 6.25. The Morgan fingerprint density at radius 1 is 1.05 bits per heavy atom. The number of thioether (sulfide) groups is 1. The number of nitrogens with zero attached hydrogens (tertiary/aromatic N) is 1. The molecule has 0 spiro atoms. The van der Waals surface area contributed by atoms with Gasteiger partial charge in [-0.15, -0.1) is 11.8 Å². The predicted molar refractivity (Wildman–Crippen MR) is 148 cm³/mol. The van der Waals surface area contributed by atoms with E-state index in [9.17, 15) is 14.0 Å². The molecule has 1 aliphatic rings. The van der Waals surface area contributed by atoms with Crippen LogP contribution >= 0.6 is 23.4 Å². The number of aliphatic hydroxyl groups excluding tert-OH is 1. The number of aromatic nitrogens is 1. The quantitative estimate of drug-likeness (QED) is 0.285. The number of halogens is 2. The summed E-state index contributed by atoms with van der Waals surface area (Å²) in [5.41, 5.74) is 0.343. The summed E-state index contributed by atoms with van der Waals surface area (Å²) in [5.74, 6) is -0.590.